The summed E-state index contributed by atoms with van der Waals surface area (Å²) in [5.74, 6) is 2.68. The molecule has 0 bridgehead atoms. The Kier molecular flexibility index (Phi) is 1.80. The standard InChI is InChI=1S/C15H22/c1-9-6-8-12-14(15(12,3)4)13-10(2)5-7-11(9)13/h12-14H,2,5-8H2,1,3-4H3/t12-,13?,14-/m1/s1. The summed E-state index contributed by atoms with van der Waals surface area (Å²) < 4.78 is 0. The Morgan fingerprint density at radius 3 is 2.67 bits per heavy atom. The van der Waals surface area contributed by atoms with Crippen LogP contribution in [0.2, 0.25) is 0 Å². The van der Waals surface area contributed by atoms with Crippen LogP contribution in [-0.4, -0.2) is 0 Å². The smallest absolute Gasteiger partial charge is 0.00434 e. The van der Waals surface area contributed by atoms with Gasteiger partial charge < -0.3 is 0 Å². The van der Waals surface area contributed by atoms with Gasteiger partial charge in [0.15, 0.2) is 0 Å². The molecular weight excluding hydrogens is 180 g/mol. The first-order valence-corrected chi connectivity index (χ1v) is 6.39. The van der Waals surface area contributed by atoms with Crippen LogP contribution in [0, 0.1) is 23.2 Å². The molecule has 1 unspecified atom stereocenters. The van der Waals surface area contributed by atoms with E-state index >= 15 is 0 Å². The maximum atomic E-state index is 4.32. The van der Waals surface area contributed by atoms with E-state index in [1.165, 1.54) is 31.3 Å². The van der Waals surface area contributed by atoms with Crippen molar-refractivity contribution in [2.24, 2.45) is 23.2 Å². The van der Waals surface area contributed by atoms with E-state index in [2.05, 4.69) is 27.4 Å². The van der Waals surface area contributed by atoms with E-state index in [0.29, 0.717) is 5.41 Å². The third kappa shape index (κ3) is 1.14. The van der Waals surface area contributed by atoms with Crippen LogP contribution in [0.3, 0.4) is 0 Å². The first kappa shape index (κ1) is 9.69. The highest BCUT2D eigenvalue weighted by Gasteiger charge is 2.62. The van der Waals surface area contributed by atoms with Crippen molar-refractivity contribution in [1.29, 1.82) is 0 Å². The molecule has 3 atom stereocenters. The first-order valence-electron chi connectivity index (χ1n) is 6.39. The van der Waals surface area contributed by atoms with Crippen molar-refractivity contribution in [2.75, 3.05) is 0 Å². The summed E-state index contributed by atoms with van der Waals surface area (Å²) in [6.45, 7) is 11.6. The van der Waals surface area contributed by atoms with Gasteiger partial charge in [0, 0.05) is 5.92 Å². The summed E-state index contributed by atoms with van der Waals surface area (Å²) >= 11 is 0. The maximum Gasteiger partial charge on any atom is 0.00434 e. The molecule has 0 aliphatic heterocycles. The first-order chi connectivity index (χ1) is 7.03. The van der Waals surface area contributed by atoms with Crippen molar-refractivity contribution < 1.29 is 0 Å². The molecule has 3 aliphatic rings. The van der Waals surface area contributed by atoms with Crippen LogP contribution in [0.15, 0.2) is 23.3 Å². The van der Waals surface area contributed by atoms with Gasteiger partial charge in [0.25, 0.3) is 0 Å². The molecule has 2 saturated carbocycles. The van der Waals surface area contributed by atoms with Crippen molar-refractivity contribution in [3.8, 4) is 0 Å². The lowest BCUT2D eigenvalue weighted by Gasteiger charge is -2.17. The molecule has 0 amide bonds. The molecule has 0 aromatic carbocycles. The van der Waals surface area contributed by atoms with Crippen LogP contribution in [0.1, 0.15) is 46.5 Å². The van der Waals surface area contributed by atoms with Gasteiger partial charge in [0.05, 0.1) is 0 Å². The summed E-state index contributed by atoms with van der Waals surface area (Å²) in [6.07, 6.45) is 5.35. The molecule has 3 rings (SSSR count). The fourth-order valence-electron chi connectivity index (χ4n) is 4.33. The van der Waals surface area contributed by atoms with Crippen molar-refractivity contribution in [1.82, 2.24) is 0 Å². The van der Waals surface area contributed by atoms with Gasteiger partial charge in [0.1, 0.15) is 0 Å². The molecule has 0 aromatic rings. The minimum Gasteiger partial charge on any atom is -0.0992 e. The average molecular weight is 202 g/mol. The highest BCUT2D eigenvalue weighted by Crippen LogP contribution is 2.69. The van der Waals surface area contributed by atoms with E-state index in [4.69, 9.17) is 0 Å². The zero-order valence-electron chi connectivity index (χ0n) is 10.3. The molecule has 0 spiro atoms. The van der Waals surface area contributed by atoms with E-state index < -0.39 is 0 Å². The van der Waals surface area contributed by atoms with Crippen LogP contribution >= 0.6 is 0 Å². The van der Waals surface area contributed by atoms with Crippen molar-refractivity contribution in [3.05, 3.63) is 23.3 Å². The van der Waals surface area contributed by atoms with Crippen LogP contribution in [0.5, 0.6) is 0 Å². The van der Waals surface area contributed by atoms with Gasteiger partial charge in [0.2, 0.25) is 0 Å². The molecule has 0 saturated heterocycles. The fourth-order valence-corrected chi connectivity index (χ4v) is 4.33. The Hall–Kier alpha value is -0.520. The second kappa shape index (κ2) is 2.78. The Labute approximate surface area is 93.5 Å². The zero-order valence-corrected chi connectivity index (χ0v) is 10.3. The van der Waals surface area contributed by atoms with Crippen LogP contribution < -0.4 is 0 Å². The second-order valence-corrected chi connectivity index (χ2v) is 6.43. The molecule has 0 heterocycles. The lowest BCUT2D eigenvalue weighted by molar-refractivity contribution is 0.483. The number of rotatable bonds is 0. The average Bonchev–Trinajstić information content (AvgIpc) is 2.55. The van der Waals surface area contributed by atoms with Gasteiger partial charge in [-0.2, -0.15) is 0 Å². The molecule has 82 valence electrons. The molecule has 2 fully saturated rings. The number of hydrogen-bond acceptors (Lipinski definition) is 0. The lowest BCUT2D eigenvalue weighted by Crippen LogP contribution is -2.07. The predicted octanol–water partition coefficient (Wildman–Crippen LogP) is 4.34. The quantitative estimate of drug-likeness (QED) is 0.513. The van der Waals surface area contributed by atoms with E-state index in [-0.39, 0.29) is 0 Å². The number of allylic oxidation sites excluding steroid dienone is 3. The zero-order chi connectivity index (χ0) is 10.8. The van der Waals surface area contributed by atoms with E-state index in [0.717, 1.165) is 17.8 Å². The van der Waals surface area contributed by atoms with Crippen LogP contribution in [-0.2, 0) is 0 Å². The Balaban J connectivity index is 2.03. The van der Waals surface area contributed by atoms with E-state index in [1.54, 1.807) is 11.1 Å². The van der Waals surface area contributed by atoms with Gasteiger partial charge in [-0.3, -0.25) is 0 Å². The fraction of sp³-hybridized carbons (Fsp3) is 0.733. The predicted molar refractivity (Wildman–Crippen MR) is 64.6 cm³/mol. The van der Waals surface area contributed by atoms with Crippen molar-refractivity contribution in [3.63, 3.8) is 0 Å². The topological polar surface area (TPSA) is 0 Å². The molecule has 15 heavy (non-hydrogen) atoms. The molecule has 0 radical (unpaired) electrons. The Morgan fingerprint density at radius 2 is 1.93 bits per heavy atom. The molecule has 0 aromatic heterocycles. The normalized spacial score (nSPS) is 42.3. The summed E-state index contributed by atoms with van der Waals surface area (Å²) in [6, 6.07) is 0. The van der Waals surface area contributed by atoms with Crippen molar-refractivity contribution >= 4 is 0 Å². The van der Waals surface area contributed by atoms with Crippen molar-refractivity contribution in [2.45, 2.75) is 46.5 Å². The summed E-state index contributed by atoms with van der Waals surface area (Å²) in [5, 5.41) is 0. The highest BCUT2D eigenvalue weighted by molar-refractivity contribution is 5.37. The third-order valence-corrected chi connectivity index (χ3v) is 5.41. The maximum absolute atomic E-state index is 4.32. The Morgan fingerprint density at radius 1 is 1.20 bits per heavy atom. The summed E-state index contributed by atoms with van der Waals surface area (Å²) in [5.41, 5.74) is 5.61. The number of fused-ring (bicyclic) bond motifs is 3. The van der Waals surface area contributed by atoms with Gasteiger partial charge in [-0.15, -0.1) is 0 Å². The van der Waals surface area contributed by atoms with E-state index in [9.17, 15) is 0 Å². The molecule has 0 nitrogen and oxygen atoms in total. The largest absolute Gasteiger partial charge is 0.0992 e. The van der Waals surface area contributed by atoms with Gasteiger partial charge in [-0.25, -0.2) is 0 Å². The number of hydrogen-bond donors (Lipinski definition) is 0. The molecule has 3 aliphatic carbocycles. The van der Waals surface area contributed by atoms with E-state index in [1.807, 2.05) is 0 Å². The third-order valence-electron chi connectivity index (χ3n) is 5.41. The minimum atomic E-state index is 0.601. The highest BCUT2D eigenvalue weighted by atomic mass is 14.7. The monoisotopic (exact) mass is 202 g/mol. The summed E-state index contributed by atoms with van der Waals surface area (Å²) in [7, 11) is 0. The van der Waals surface area contributed by atoms with Crippen LogP contribution in [0.4, 0.5) is 0 Å². The molecule has 0 N–H and O–H groups in total. The van der Waals surface area contributed by atoms with Gasteiger partial charge in [-0.05, 0) is 49.9 Å². The lowest BCUT2D eigenvalue weighted by atomic mass is 9.87. The van der Waals surface area contributed by atoms with Gasteiger partial charge >= 0.3 is 0 Å². The molecule has 0 heteroatoms. The SMILES string of the molecule is C=C1CCC2=C(C)CC[C@@H]3[C@H](C12)C3(C)C. The molecular formula is C15H22. The minimum absolute atomic E-state index is 0.601. The Bertz CT molecular complexity index is 356. The van der Waals surface area contributed by atoms with Gasteiger partial charge in [-0.1, -0.05) is 37.1 Å². The van der Waals surface area contributed by atoms with Crippen LogP contribution in [0.25, 0.3) is 0 Å². The summed E-state index contributed by atoms with van der Waals surface area (Å²) in [4.78, 5) is 0. The second-order valence-electron chi connectivity index (χ2n) is 6.43.